The van der Waals surface area contributed by atoms with Crippen molar-refractivity contribution in [1.29, 1.82) is 0 Å². The van der Waals surface area contributed by atoms with Crippen molar-refractivity contribution in [2.75, 3.05) is 6.54 Å². The van der Waals surface area contributed by atoms with Gasteiger partial charge in [-0.15, -0.1) is 0 Å². The Balaban J connectivity index is 1.34. The summed E-state index contributed by atoms with van der Waals surface area (Å²) in [6.07, 6.45) is 0.948. The third-order valence-electron chi connectivity index (χ3n) is 6.77. The van der Waals surface area contributed by atoms with E-state index in [9.17, 15) is 4.79 Å². The molecule has 172 valence electrons. The van der Waals surface area contributed by atoms with Crippen molar-refractivity contribution in [3.05, 3.63) is 113 Å². The summed E-state index contributed by atoms with van der Waals surface area (Å²) in [7, 11) is 0. The molecule has 1 aliphatic rings. The molecule has 1 aliphatic heterocycles. The number of carboxylic acid groups (broad SMARTS) is 1. The lowest BCUT2D eigenvalue weighted by Gasteiger charge is -2.33. The number of carboxylic acids is 1. The Morgan fingerprint density at radius 2 is 1.71 bits per heavy atom. The summed E-state index contributed by atoms with van der Waals surface area (Å²) in [5, 5.41) is 15.3. The predicted octanol–water partition coefficient (Wildman–Crippen LogP) is 6.10. The summed E-state index contributed by atoms with van der Waals surface area (Å²) in [6.45, 7) is 2.95. The molecule has 3 atom stereocenters. The van der Waals surface area contributed by atoms with Gasteiger partial charge in [-0.1, -0.05) is 84.9 Å². The first kappa shape index (κ1) is 22.2. The molecule has 0 spiro atoms. The maximum absolute atomic E-state index is 11.0. The van der Waals surface area contributed by atoms with Gasteiger partial charge >= 0.3 is 5.97 Å². The molecular weight excluding hydrogens is 422 g/mol. The molecule has 2 N–H and O–H groups in total. The molecule has 1 heterocycles. The molecule has 0 amide bonds. The summed E-state index contributed by atoms with van der Waals surface area (Å²) < 4.78 is 6.39. The molecule has 0 saturated heterocycles. The van der Waals surface area contributed by atoms with Crippen LogP contribution in [0.2, 0.25) is 0 Å². The molecule has 5 rings (SSSR count). The second kappa shape index (κ2) is 9.70. The standard InChI is InChI=1S/C30H29NO3/c1-20(25-11-6-8-22-7-2-3-9-26(22)25)31-19-24-18-28(27-10-4-5-12-29(27)34-24)23-15-13-21(14-16-23)17-30(32)33/h2-16,20,24,28,31H,17-19H2,1H3,(H,32,33)/t20-,24?,28?/m1/s1. The molecule has 0 aliphatic carbocycles. The van der Waals surface area contributed by atoms with Crippen LogP contribution in [-0.4, -0.2) is 23.7 Å². The van der Waals surface area contributed by atoms with Crippen molar-refractivity contribution >= 4 is 16.7 Å². The number of fused-ring (bicyclic) bond motifs is 2. The third-order valence-corrected chi connectivity index (χ3v) is 6.77. The second-order valence-corrected chi connectivity index (χ2v) is 9.08. The Labute approximate surface area is 200 Å². The molecule has 0 radical (unpaired) electrons. The van der Waals surface area contributed by atoms with E-state index in [2.05, 4.69) is 79.0 Å². The summed E-state index contributed by atoms with van der Waals surface area (Å²) in [5.41, 5.74) is 4.49. The van der Waals surface area contributed by atoms with Crippen LogP contribution in [0.4, 0.5) is 0 Å². The Morgan fingerprint density at radius 3 is 2.53 bits per heavy atom. The molecule has 0 saturated carbocycles. The fraction of sp³-hybridized carbons (Fsp3) is 0.233. The van der Waals surface area contributed by atoms with Gasteiger partial charge in [0, 0.05) is 24.1 Å². The number of hydrogen-bond acceptors (Lipinski definition) is 3. The Hall–Kier alpha value is -3.63. The van der Waals surface area contributed by atoms with E-state index in [-0.39, 0.29) is 24.5 Å². The minimum Gasteiger partial charge on any atom is -0.489 e. The van der Waals surface area contributed by atoms with Gasteiger partial charge in [-0.05, 0) is 46.9 Å². The van der Waals surface area contributed by atoms with Gasteiger partial charge in [0.05, 0.1) is 6.42 Å². The molecule has 34 heavy (non-hydrogen) atoms. The van der Waals surface area contributed by atoms with Gasteiger partial charge in [0.15, 0.2) is 0 Å². The molecule has 4 heteroatoms. The topological polar surface area (TPSA) is 58.6 Å². The summed E-state index contributed by atoms with van der Waals surface area (Å²) in [5.74, 6) is 0.331. The maximum Gasteiger partial charge on any atom is 0.307 e. The lowest BCUT2D eigenvalue weighted by molar-refractivity contribution is -0.136. The zero-order chi connectivity index (χ0) is 23.5. The van der Waals surface area contributed by atoms with E-state index in [0.29, 0.717) is 0 Å². The van der Waals surface area contributed by atoms with Crippen molar-refractivity contribution in [3.8, 4) is 5.75 Å². The normalized spacial score (nSPS) is 18.1. The van der Waals surface area contributed by atoms with Crippen molar-refractivity contribution in [3.63, 3.8) is 0 Å². The van der Waals surface area contributed by atoms with E-state index in [0.717, 1.165) is 24.3 Å². The molecule has 4 aromatic rings. The smallest absolute Gasteiger partial charge is 0.307 e. The van der Waals surface area contributed by atoms with Crippen LogP contribution in [0.25, 0.3) is 10.8 Å². The Morgan fingerprint density at radius 1 is 0.971 bits per heavy atom. The molecule has 0 aromatic heterocycles. The Kier molecular flexibility index (Phi) is 6.33. The number of nitrogens with one attached hydrogen (secondary N) is 1. The van der Waals surface area contributed by atoms with Crippen LogP contribution in [0.5, 0.6) is 5.75 Å². The van der Waals surface area contributed by atoms with E-state index < -0.39 is 5.97 Å². The van der Waals surface area contributed by atoms with Crippen LogP contribution in [0.3, 0.4) is 0 Å². The number of rotatable bonds is 7. The van der Waals surface area contributed by atoms with E-state index in [1.165, 1.54) is 27.5 Å². The molecule has 0 fully saturated rings. The molecule has 2 unspecified atom stereocenters. The van der Waals surface area contributed by atoms with Crippen molar-refractivity contribution in [1.82, 2.24) is 5.32 Å². The molecule has 0 bridgehead atoms. The highest BCUT2D eigenvalue weighted by Gasteiger charge is 2.29. The zero-order valence-corrected chi connectivity index (χ0v) is 19.3. The number of hydrogen-bond donors (Lipinski definition) is 2. The Bertz CT molecular complexity index is 1290. The van der Waals surface area contributed by atoms with Gasteiger partial charge in [-0.2, -0.15) is 0 Å². The number of para-hydroxylation sites is 1. The van der Waals surface area contributed by atoms with Gasteiger partial charge in [0.2, 0.25) is 0 Å². The summed E-state index contributed by atoms with van der Waals surface area (Å²) >= 11 is 0. The second-order valence-electron chi connectivity index (χ2n) is 9.08. The predicted molar refractivity (Wildman–Crippen MR) is 135 cm³/mol. The third kappa shape index (κ3) is 4.68. The number of ether oxygens (including phenoxy) is 1. The largest absolute Gasteiger partial charge is 0.489 e. The lowest BCUT2D eigenvalue weighted by atomic mass is 9.83. The van der Waals surface area contributed by atoms with Gasteiger partial charge in [0.25, 0.3) is 0 Å². The van der Waals surface area contributed by atoms with Gasteiger partial charge in [-0.3, -0.25) is 4.79 Å². The SMILES string of the molecule is C[C@@H](NCC1CC(c2ccc(CC(=O)O)cc2)c2ccccc2O1)c1cccc2ccccc12. The van der Waals surface area contributed by atoms with E-state index in [4.69, 9.17) is 9.84 Å². The van der Waals surface area contributed by atoms with Crippen LogP contribution in [0.1, 0.15) is 47.6 Å². The van der Waals surface area contributed by atoms with Crippen LogP contribution in [0, 0.1) is 0 Å². The monoisotopic (exact) mass is 451 g/mol. The first-order chi connectivity index (χ1) is 16.6. The lowest BCUT2D eigenvalue weighted by Crippen LogP contribution is -2.37. The summed E-state index contributed by atoms with van der Waals surface area (Å²) in [6, 6.07) is 31.4. The van der Waals surface area contributed by atoms with Crippen molar-refractivity contribution < 1.29 is 14.6 Å². The average molecular weight is 452 g/mol. The highest BCUT2D eigenvalue weighted by atomic mass is 16.5. The van der Waals surface area contributed by atoms with Gasteiger partial charge in [-0.25, -0.2) is 0 Å². The molecule has 4 aromatic carbocycles. The van der Waals surface area contributed by atoms with E-state index >= 15 is 0 Å². The van der Waals surface area contributed by atoms with Crippen LogP contribution in [0.15, 0.2) is 91.0 Å². The number of carbonyl (C=O) groups is 1. The quantitative estimate of drug-likeness (QED) is 0.356. The highest BCUT2D eigenvalue weighted by molar-refractivity contribution is 5.86. The van der Waals surface area contributed by atoms with Crippen molar-refractivity contribution in [2.45, 2.75) is 37.8 Å². The van der Waals surface area contributed by atoms with Gasteiger partial charge in [0.1, 0.15) is 11.9 Å². The maximum atomic E-state index is 11.0. The summed E-state index contributed by atoms with van der Waals surface area (Å²) in [4.78, 5) is 11.0. The minimum atomic E-state index is -0.810. The number of benzene rings is 4. The van der Waals surface area contributed by atoms with Crippen molar-refractivity contribution in [2.24, 2.45) is 0 Å². The molecule has 4 nitrogen and oxygen atoms in total. The van der Waals surface area contributed by atoms with Crippen LogP contribution >= 0.6 is 0 Å². The van der Waals surface area contributed by atoms with Gasteiger partial charge < -0.3 is 15.2 Å². The van der Waals surface area contributed by atoms with Crippen LogP contribution in [-0.2, 0) is 11.2 Å². The minimum absolute atomic E-state index is 0.0380. The highest BCUT2D eigenvalue weighted by Crippen LogP contribution is 2.40. The van der Waals surface area contributed by atoms with Crippen LogP contribution < -0.4 is 10.1 Å². The fourth-order valence-electron chi connectivity index (χ4n) is 5.02. The van der Waals surface area contributed by atoms with E-state index in [1.54, 1.807) is 0 Å². The molecular formula is C30H29NO3. The first-order valence-corrected chi connectivity index (χ1v) is 11.9. The number of aliphatic carboxylic acids is 1. The first-order valence-electron chi connectivity index (χ1n) is 11.9. The average Bonchev–Trinajstić information content (AvgIpc) is 2.86. The fourth-order valence-corrected chi connectivity index (χ4v) is 5.02. The zero-order valence-electron chi connectivity index (χ0n) is 19.3. The van der Waals surface area contributed by atoms with E-state index in [1.807, 2.05) is 24.3 Å².